The van der Waals surface area contributed by atoms with E-state index in [-0.39, 0.29) is 68.0 Å². The third kappa shape index (κ3) is 18.2. The van der Waals surface area contributed by atoms with Gasteiger partial charge in [-0.15, -0.1) is 0 Å². The molecule has 0 radical (unpaired) electrons. The molecule has 9 atom stereocenters. The van der Waals surface area contributed by atoms with Gasteiger partial charge in [-0.1, -0.05) is 73.4 Å². The van der Waals surface area contributed by atoms with E-state index in [9.17, 15) is 53.1 Å². The Hall–Kier alpha value is -8.53. The lowest BCUT2D eigenvalue weighted by Gasteiger charge is -2.42. The highest BCUT2D eigenvalue weighted by Crippen LogP contribution is 2.49. The van der Waals surface area contributed by atoms with Gasteiger partial charge in [-0.3, -0.25) is 34.2 Å². The standard InChI is InChI=1S/C64H83ClN8O19/c1-38-17-16-20-49(86-10)64(84)36-48(90-60(81)68-64)39(2)56-63(4,92-56)50(35-54(77)72(8)45-33-42(31-38)34-47(85-9)55(45)65)91-58(79)40(3)71(7)51(74)25-30-87-61(82)69(5)28-29-70(6)62(83)88-37-41-21-22-46(89-59(80)67-43-18-14-12-11-13-15-19-43)44(32-41)57(78)66-26-27-73-52(75)23-24-53(73)76/h14,16-18,20-24,32-34,39-40,43,48-50,56,84H,11-13,15,19,25-31,35-37H2,1-10H3,(H,66,78)(H,67,80)(H,68,81)/b18-14+,20-16+,38-17+/t39-,40+,43?,48+,49-,50+,56?,63+,64+/m1/s1. The Bertz CT molecular complexity index is 3230. The van der Waals surface area contributed by atoms with Crippen molar-refractivity contribution in [2.75, 3.05) is 80.1 Å². The molecule has 2 fully saturated rings. The summed E-state index contributed by atoms with van der Waals surface area (Å²) in [5.41, 5.74) is -1.10. The summed E-state index contributed by atoms with van der Waals surface area (Å²) in [6.45, 7) is 5.68. The van der Waals surface area contributed by atoms with Gasteiger partial charge >= 0.3 is 30.3 Å². The molecule has 4 bridgehead atoms. The molecular formula is C64H83ClN8O19. The van der Waals surface area contributed by atoms with Gasteiger partial charge in [-0.2, -0.15) is 0 Å². The summed E-state index contributed by atoms with van der Waals surface area (Å²) in [5.74, 6) is -4.21. The number of alkyl carbamates (subject to hydrolysis) is 1. The number of allylic oxidation sites excluding steroid dienone is 4. The molecule has 1 aliphatic carbocycles. The highest BCUT2D eigenvalue weighted by molar-refractivity contribution is 6.35. The van der Waals surface area contributed by atoms with Crippen LogP contribution in [-0.2, 0) is 65.4 Å². The molecule has 4 aliphatic heterocycles. The second-order valence-electron chi connectivity index (χ2n) is 23.6. The SMILES string of the molecule is COc1cc2cc(c1Cl)N(C)C(=O)C[C@H](OC(=O)[C@H](C)N(C)C(=O)CCOC(=O)N(C)CCN(C)C(=O)OCc1ccc(OC(=O)NC3/C=C/CCCCC3)c(C(=O)NCCN3C(=O)C=CC3=O)c1)[C@]1(C)OC1[C@H](C)[C@@H]1C[C@@](O)(NC(=O)O1)[C@H](OC)/C=C/C=C(\C)C2. The van der Waals surface area contributed by atoms with Crippen LogP contribution in [0.3, 0.4) is 0 Å². The summed E-state index contributed by atoms with van der Waals surface area (Å²) in [5, 5.41) is 20.0. The molecule has 7 rings (SSSR count). The number of carbonyl (C=O) groups is 10. The first-order valence-corrected chi connectivity index (χ1v) is 30.7. The fraction of sp³-hybridized carbons (Fsp3) is 0.531. The second-order valence-corrected chi connectivity index (χ2v) is 24.0. The van der Waals surface area contributed by atoms with Crippen LogP contribution in [0.5, 0.6) is 11.5 Å². The van der Waals surface area contributed by atoms with Crippen LogP contribution in [0.1, 0.15) is 101 Å². The van der Waals surface area contributed by atoms with Crippen LogP contribution >= 0.6 is 11.6 Å². The lowest BCUT2D eigenvalue weighted by atomic mass is 9.83. The van der Waals surface area contributed by atoms with Gasteiger partial charge in [-0.25, -0.2) is 24.0 Å². The first-order valence-electron chi connectivity index (χ1n) is 30.4. The van der Waals surface area contributed by atoms with E-state index in [1.54, 1.807) is 38.1 Å². The van der Waals surface area contributed by atoms with Crippen molar-refractivity contribution in [1.82, 2.24) is 35.6 Å². The van der Waals surface area contributed by atoms with Crippen molar-refractivity contribution in [1.29, 1.82) is 0 Å². The zero-order valence-electron chi connectivity index (χ0n) is 53.5. The summed E-state index contributed by atoms with van der Waals surface area (Å²) >= 11 is 6.83. The van der Waals surface area contributed by atoms with Gasteiger partial charge < -0.3 is 73.2 Å². The number of rotatable bonds is 19. The molecule has 2 unspecified atom stereocenters. The minimum Gasteiger partial charge on any atom is -0.495 e. The Morgan fingerprint density at radius 2 is 1.64 bits per heavy atom. The van der Waals surface area contributed by atoms with E-state index in [0.717, 1.165) is 58.8 Å². The number of anilines is 1. The van der Waals surface area contributed by atoms with E-state index in [4.69, 9.17) is 49.5 Å². The molecule has 4 heterocycles. The number of epoxide rings is 1. The van der Waals surface area contributed by atoms with Crippen LogP contribution in [0.15, 0.2) is 78.4 Å². The van der Waals surface area contributed by atoms with Crippen LogP contribution in [0.4, 0.5) is 24.9 Å². The molecule has 92 heavy (non-hydrogen) atoms. The number of methoxy groups -OCH3 is 2. The number of hydrogen-bond acceptors (Lipinski definition) is 19. The summed E-state index contributed by atoms with van der Waals surface area (Å²) in [7, 11) is 8.57. The maximum Gasteiger partial charge on any atom is 0.413 e. The van der Waals surface area contributed by atoms with E-state index in [0.29, 0.717) is 29.8 Å². The Labute approximate surface area is 539 Å². The summed E-state index contributed by atoms with van der Waals surface area (Å²) in [6, 6.07) is 6.24. The molecular weight excluding hydrogens is 1220 g/mol. The summed E-state index contributed by atoms with van der Waals surface area (Å²) in [4.78, 5) is 138. The maximum absolute atomic E-state index is 14.4. The molecule has 2 aromatic carbocycles. The first-order chi connectivity index (χ1) is 43.7. The van der Waals surface area contributed by atoms with Crippen LogP contribution < -0.4 is 30.3 Å². The lowest BCUT2D eigenvalue weighted by molar-refractivity contribution is -0.162. The smallest absolute Gasteiger partial charge is 0.413 e. The first kappa shape index (κ1) is 70.9. The molecule has 0 aromatic heterocycles. The molecule has 27 nitrogen and oxygen atoms in total. The van der Waals surface area contributed by atoms with Gasteiger partial charge in [0.2, 0.25) is 11.8 Å². The van der Waals surface area contributed by atoms with Gasteiger partial charge in [0.05, 0.1) is 43.3 Å². The summed E-state index contributed by atoms with van der Waals surface area (Å²) in [6.07, 6.45) is 7.98. The van der Waals surface area contributed by atoms with Gasteiger partial charge in [0.25, 0.3) is 17.7 Å². The number of benzene rings is 2. The number of carbonyl (C=O) groups excluding carboxylic acids is 10. The Morgan fingerprint density at radius 3 is 2.34 bits per heavy atom. The second kappa shape index (κ2) is 31.7. The number of likely N-dealkylation sites (N-methyl/N-ethyl adjacent to an activating group) is 3. The fourth-order valence-corrected chi connectivity index (χ4v) is 11.3. The molecule has 9 amide bonds. The molecule has 5 aliphatic rings. The molecule has 500 valence electrons. The van der Waals surface area contributed by atoms with Gasteiger partial charge in [0, 0.05) is 86.0 Å². The van der Waals surface area contributed by atoms with E-state index < -0.39 is 121 Å². The van der Waals surface area contributed by atoms with E-state index >= 15 is 0 Å². The monoisotopic (exact) mass is 1300 g/mol. The number of imide groups is 1. The number of nitrogens with one attached hydrogen (secondary N) is 3. The molecule has 4 N–H and O–H groups in total. The minimum atomic E-state index is -1.91. The molecule has 2 aromatic rings. The zero-order valence-corrected chi connectivity index (χ0v) is 54.2. The minimum absolute atomic E-state index is 0.0314. The maximum atomic E-state index is 14.4. The molecule has 0 spiro atoms. The van der Waals surface area contributed by atoms with Crippen molar-refractivity contribution in [3.63, 3.8) is 0 Å². The molecule has 0 saturated carbocycles. The third-order valence-electron chi connectivity index (χ3n) is 16.9. The van der Waals surface area contributed by atoms with Gasteiger partial charge in [-0.05, 0) is 81.8 Å². The molecule has 2 saturated heterocycles. The van der Waals surface area contributed by atoms with Crippen LogP contribution in [0.25, 0.3) is 0 Å². The highest BCUT2D eigenvalue weighted by Gasteiger charge is 2.64. The van der Waals surface area contributed by atoms with E-state index in [1.807, 2.05) is 25.2 Å². The number of fused-ring (bicyclic) bond motifs is 5. The third-order valence-corrected chi connectivity index (χ3v) is 17.3. The van der Waals surface area contributed by atoms with Crippen molar-refractivity contribution in [3.05, 3.63) is 100 Å². The Balaban J connectivity index is 0.927. The average molecular weight is 1300 g/mol. The van der Waals surface area contributed by atoms with Gasteiger partial charge in [0.1, 0.15) is 59.7 Å². The zero-order chi connectivity index (χ0) is 67.2. The number of esters is 1. The van der Waals surface area contributed by atoms with Crippen molar-refractivity contribution < 1.29 is 90.9 Å². The van der Waals surface area contributed by atoms with Gasteiger partial charge in [0.15, 0.2) is 5.72 Å². The van der Waals surface area contributed by atoms with Crippen LogP contribution in [-0.4, -0.2) is 208 Å². The Kier molecular flexibility index (Phi) is 24.4. The number of aliphatic hydroxyl groups is 1. The van der Waals surface area contributed by atoms with E-state index in [1.165, 1.54) is 82.2 Å². The van der Waals surface area contributed by atoms with Crippen LogP contribution in [0, 0.1) is 5.92 Å². The quantitative estimate of drug-likeness (QED) is 0.0420. The molecule has 28 heteroatoms. The Morgan fingerprint density at radius 1 is 0.935 bits per heavy atom. The fourth-order valence-electron chi connectivity index (χ4n) is 11.0. The average Bonchev–Trinajstić information content (AvgIpc) is 1.56. The van der Waals surface area contributed by atoms with Crippen LogP contribution in [0.2, 0.25) is 5.02 Å². The normalized spacial score (nSPS) is 25.5. The largest absolute Gasteiger partial charge is 0.495 e. The van der Waals surface area contributed by atoms with Crippen molar-refractivity contribution >= 4 is 77.2 Å². The van der Waals surface area contributed by atoms with Crippen molar-refractivity contribution in [2.45, 2.75) is 140 Å². The van der Waals surface area contributed by atoms with Crippen molar-refractivity contribution in [2.24, 2.45) is 5.92 Å². The highest BCUT2D eigenvalue weighted by atomic mass is 35.5. The number of nitrogens with zero attached hydrogens (tertiary/aromatic N) is 5. The number of ether oxygens (including phenoxy) is 8. The number of halogens is 1. The predicted octanol–water partition coefficient (Wildman–Crippen LogP) is 5.87. The van der Waals surface area contributed by atoms with E-state index in [2.05, 4.69) is 16.0 Å². The summed E-state index contributed by atoms with van der Waals surface area (Å²) < 4.78 is 45.9. The van der Waals surface area contributed by atoms with Crippen molar-refractivity contribution in [3.8, 4) is 11.5 Å². The topological polar surface area (TPSA) is 320 Å². The lowest BCUT2D eigenvalue weighted by Crippen LogP contribution is -2.63. The number of amides is 9. The predicted molar refractivity (Wildman–Crippen MR) is 332 cm³/mol. The number of hydrogen-bond donors (Lipinski definition) is 4.